The van der Waals surface area contributed by atoms with Crippen LogP contribution in [-0.2, 0) is 5.54 Å². The van der Waals surface area contributed by atoms with Crippen LogP contribution in [-0.4, -0.2) is 0 Å². The minimum Gasteiger partial charge on any atom is -0.322 e. The lowest BCUT2D eigenvalue weighted by Gasteiger charge is -2.20. The van der Waals surface area contributed by atoms with Crippen LogP contribution in [0.25, 0.3) is 0 Å². The van der Waals surface area contributed by atoms with Crippen molar-refractivity contribution < 1.29 is 4.39 Å². The molecule has 13 heavy (non-hydrogen) atoms. The summed E-state index contributed by atoms with van der Waals surface area (Å²) in [6, 6.07) is 4.20. The van der Waals surface area contributed by atoms with Crippen LogP contribution >= 0.6 is 24.0 Å². The van der Waals surface area contributed by atoms with Crippen molar-refractivity contribution in [2.24, 2.45) is 5.73 Å². The van der Waals surface area contributed by atoms with Crippen molar-refractivity contribution >= 4 is 24.0 Å². The van der Waals surface area contributed by atoms with E-state index in [1.165, 1.54) is 18.2 Å². The third kappa shape index (κ3) is 3.14. The van der Waals surface area contributed by atoms with E-state index >= 15 is 0 Å². The van der Waals surface area contributed by atoms with E-state index in [9.17, 15) is 4.39 Å². The van der Waals surface area contributed by atoms with Crippen molar-refractivity contribution in [1.29, 1.82) is 0 Å². The van der Waals surface area contributed by atoms with Crippen LogP contribution in [0.3, 0.4) is 0 Å². The van der Waals surface area contributed by atoms with Crippen molar-refractivity contribution in [3.05, 3.63) is 34.6 Å². The molecule has 0 bridgehead atoms. The lowest BCUT2D eigenvalue weighted by molar-refractivity contribution is 0.544. The van der Waals surface area contributed by atoms with Gasteiger partial charge in [-0.05, 0) is 37.6 Å². The van der Waals surface area contributed by atoms with E-state index in [0.717, 1.165) is 0 Å². The Hall–Kier alpha value is -0.310. The average molecular weight is 224 g/mol. The van der Waals surface area contributed by atoms with Gasteiger partial charge in [0.1, 0.15) is 5.82 Å². The summed E-state index contributed by atoms with van der Waals surface area (Å²) < 4.78 is 12.8. The van der Waals surface area contributed by atoms with Gasteiger partial charge in [0.25, 0.3) is 0 Å². The minimum absolute atomic E-state index is 0. The third-order valence-corrected chi connectivity index (χ3v) is 1.95. The Kier molecular flexibility index (Phi) is 4.17. The summed E-state index contributed by atoms with van der Waals surface area (Å²) in [6.45, 7) is 3.57. The van der Waals surface area contributed by atoms with Gasteiger partial charge >= 0.3 is 0 Å². The van der Waals surface area contributed by atoms with Crippen molar-refractivity contribution in [3.8, 4) is 0 Å². The Morgan fingerprint density at radius 1 is 1.38 bits per heavy atom. The zero-order valence-electron chi connectivity index (χ0n) is 7.47. The molecular weight excluding hydrogens is 212 g/mol. The maximum Gasteiger partial charge on any atom is 0.123 e. The van der Waals surface area contributed by atoms with E-state index in [0.29, 0.717) is 10.6 Å². The van der Waals surface area contributed by atoms with Crippen LogP contribution in [0.4, 0.5) is 4.39 Å². The van der Waals surface area contributed by atoms with Crippen molar-refractivity contribution in [1.82, 2.24) is 0 Å². The maximum atomic E-state index is 12.8. The number of nitrogens with two attached hydrogens (primary N) is 1. The molecule has 0 saturated heterocycles. The lowest BCUT2D eigenvalue weighted by Crippen LogP contribution is -2.29. The van der Waals surface area contributed by atoms with E-state index in [1.807, 2.05) is 0 Å². The SMILES string of the molecule is CC(C)(N)c1cc(F)ccc1Cl.Cl. The molecular formula is C9H12Cl2FN. The highest BCUT2D eigenvalue weighted by Gasteiger charge is 2.17. The van der Waals surface area contributed by atoms with Gasteiger partial charge in [-0.1, -0.05) is 11.6 Å². The molecule has 2 N–H and O–H groups in total. The predicted molar refractivity (Wildman–Crippen MR) is 55.9 cm³/mol. The van der Waals surface area contributed by atoms with Gasteiger partial charge in [0.15, 0.2) is 0 Å². The summed E-state index contributed by atoms with van der Waals surface area (Å²) in [6.07, 6.45) is 0. The monoisotopic (exact) mass is 223 g/mol. The molecule has 0 amide bonds. The molecule has 1 aromatic carbocycles. The van der Waals surface area contributed by atoms with Gasteiger partial charge in [-0.3, -0.25) is 0 Å². The Morgan fingerprint density at radius 3 is 2.31 bits per heavy atom. The maximum absolute atomic E-state index is 12.8. The number of hydrogen-bond acceptors (Lipinski definition) is 1. The first-order valence-electron chi connectivity index (χ1n) is 3.65. The molecule has 4 heteroatoms. The van der Waals surface area contributed by atoms with Crippen molar-refractivity contribution in [2.45, 2.75) is 19.4 Å². The van der Waals surface area contributed by atoms with Gasteiger partial charge in [0.2, 0.25) is 0 Å². The molecule has 0 saturated carbocycles. The van der Waals surface area contributed by atoms with E-state index in [2.05, 4.69) is 0 Å². The first-order chi connectivity index (χ1) is 5.41. The topological polar surface area (TPSA) is 26.0 Å². The smallest absolute Gasteiger partial charge is 0.123 e. The fraction of sp³-hybridized carbons (Fsp3) is 0.333. The second-order valence-corrected chi connectivity index (χ2v) is 3.75. The highest BCUT2D eigenvalue weighted by molar-refractivity contribution is 6.31. The molecule has 0 aliphatic carbocycles. The standard InChI is InChI=1S/C9H11ClFN.ClH/c1-9(2,12)7-5-6(11)3-4-8(7)10;/h3-5H,12H2,1-2H3;1H. The Labute approximate surface area is 88.5 Å². The highest BCUT2D eigenvalue weighted by atomic mass is 35.5. The van der Waals surface area contributed by atoms with E-state index in [4.69, 9.17) is 17.3 Å². The van der Waals surface area contributed by atoms with Gasteiger partial charge in [-0.2, -0.15) is 0 Å². The number of benzene rings is 1. The number of hydrogen-bond donors (Lipinski definition) is 1. The summed E-state index contributed by atoms with van der Waals surface area (Å²) in [4.78, 5) is 0. The van der Waals surface area contributed by atoms with E-state index in [-0.39, 0.29) is 18.2 Å². The quantitative estimate of drug-likeness (QED) is 0.779. The Morgan fingerprint density at radius 2 is 1.92 bits per heavy atom. The Balaban J connectivity index is 0.00000144. The van der Waals surface area contributed by atoms with Gasteiger partial charge < -0.3 is 5.73 Å². The summed E-state index contributed by atoms with van der Waals surface area (Å²) in [5, 5.41) is 0.504. The molecule has 0 heterocycles. The molecule has 0 aromatic heterocycles. The molecule has 74 valence electrons. The van der Waals surface area contributed by atoms with E-state index < -0.39 is 5.54 Å². The molecule has 1 rings (SSSR count). The largest absolute Gasteiger partial charge is 0.322 e. The van der Waals surface area contributed by atoms with Crippen LogP contribution in [0.1, 0.15) is 19.4 Å². The summed E-state index contributed by atoms with van der Waals surface area (Å²) in [5.74, 6) is -0.312. The van der Waals surface area contributed by atoms with Crippen LogP contribution in [0.15, 0.2) is 18.2 Å². The lowest BCUT2D eigenvalue weighted by atomic mass is 9.96. The highest BCUT2D eigenvalue weighted by Crippen LogP contribution is 2.25. The molecule has 0 atom stereocenters. The van der Waals surface area contributed by atoms with Crippen LogP contribution < -0.4 is 5.73 Å². The minimum atomic E-state index is -0.598. The molecule has 1 nitrogen and oxygen atoms in total. The van der Waals surface area contributed by atoms with Gasteiger partial charge in [-0.15, -0.1) is 12.4 Å². The third-order valence-electron chi connectivity index (χ3n) is 1.62. The molecule has 1 aromatic rings. The molecule has 0 unspecified atom stereocenters. The normalized spacial score (nSPS) is 10.8. The van der Waals surface area contributed by atoms with Crippen LogP contribution in [0, 0.1) is 5.82 Å². The van der Waals surface area contributed by atoms with Gasteiger partial charge in [0, 0.05) is 10.6 Å². The fourth-order valence-electron chi connectivity index (χ4n) is 0.991. The molecule has 0 radical (unpaired) electrons. The zero-order valence-corrected chi connectivity index (χ0v) is 9.05. The molecule has 0 aliphatic rings. The second-order valence-electron chi connectivity index (χ2n) is 3.35. The molecule has 0 spiro atoms. The van der Waals surface area contributed by atoms with Crippen LogP contribution in [0.5, 0.6) is 0 Å². The predicted octanol–water partition coefficient (Wildman–Crippen LogP) is 3.09. The molecule has 0 aliphatic heterocycles. The summed E-state index contributed by atoms with van der Waals surface area (Å²) in [5.41, 5.74) is 5.81. The zero-order chi connectivity index (χ0) is 9.35. The average Bonchev–Trinajstić information content (AvgIpc) is 1.92. The fourth-order valence-corrected chi connectivity index (χ4v) is 1.35. The number of rotatable bonds is 1. The van der Waals surface area contributed by atoms with Crippen LogP contribution in [0.2, 0.25) is 5.02 Å². The van der Waals surface area contributed by atoms with Crippen molar-refractivity contribution in [2.75, 3.05) is 0 Å². The van der Waals surface area contributed by atoms with E-state index in [1.54, 1.807) is 13.8 Å². The van der Waals surface area contributed by atoms with Gasteiger partial charge in [0.05, 0.1) is 0 Å². The summed E-state index contributed by atoms with van der Waals surface area (Å²) in [7, 11) is 0. The number of halogens is 3. The molecule has 0 fully saturated rings. The summed E-state index contributed by atoms with van der Waals surface area (Å²) >= 11 is 5.83. The Bertz CT molecular complexity index is 294. The second kappa shape index (κ2) is 4.27. The van der Waals surface area contributed by atoms with Gasteiger partial charge in [-0.25, -0.2) is 4.39 Å². The first-order valence-corrected chi connectivity index (χ1v) is 4.03. The first kappa shape index (κ1) is 12.7. The van der Waals surface area contributed by atoms with Crippen molar-refractivity contribution in [3.63, 3.8) is 0 Å².